The number of anilines is 1. The van der Waals surface area contributed by atoms with Crippen LogP contribution in [-0.4, -0.2) is 59.8 Å². The normalized spacial score (nSPS) is 21.9. The van der Waals surface area contributed by atoms with Gasteiger partial charge in [-0.2, -0.15) is 5.10 Å². The van der Waals surface area contributed by atoms with Gasteiger partial charge in [0, 0.05) is 32.2 Å². The van der Waals surface area contributed by atoms with Gasteiger partial charge in [-0.15, -0.1) is 5.10 Å². The van der Waals surface area contributed by atoms with E-state index in [4.69, 9.17) is 0 Å². The molecule has 0 atom stereocenters. The predicted octanol–water partition coefficient (Wildman–Crippen LogP) is 1.15. The Morgan fingerprint density at radius 2 is 1.88 bits per heavy atom. The fourth-order valence-electron chi connectivity index (χ4n) is 4.15. The van der Waals surface area contributed by atoms with E-state index in [0.717, 1.165) is 57.7 Å². The second-order valence-corrected chi connectivity index (χ2v) is 7.34. The van der Waals surface area contributed by atoms with Crippen LogP contribution in [-0.2, 0) is 17.6 Å². The van der Waals surface area contributed by atoms with Crippen molar-refractivity contribution in [1.29, 1.82) is 0 Å². The Morgan fingerprint density at radius 1 is 1.08 bits per heavy atom. The standard InChI is InChI=1S/C18H27N5O/c24-18(19-15-5-1-2-6-15)13-22-8-10-23(11-9-22)17-12-14-4-3-7-16(14)20-21-17/h12,15H,1-11,13H2,(H,19,24). The first-order valence-corrected chi connectivity index (χ1v) is 9.40. The van der Waals surface area contributed by atoms with E-state index in [1.807, 2.05) is 0 Å². The predicted molar refractivity (Wildman–Crippen MR) is 93.1 cm³/mol. The van der Waals surface area contributed by atoms with Crippen LogP contribution in [0.25, 0.3) is 0 Å². The summed E-state index contributed by atoms with van der Waals surface area (Å²) in [4.78, 5) is 16.7. The van der Waals surface area contributed by atoms with Gasteiger partial charge in [-0.1, -0.05) is 12.8 Å². The first kappa shape index (κ1) is 15.8. The molecule has 1 saturated heterocycles. The number of carbonyl (C=O) groups is 1. The maximum absolute atomic E-state index is 12.2. The number of hydrogen-bond donors (Lipinski definition) is 1. The first-order chi connectivity index (χ1) is 11.8. The Balaban J connectivity index is 1.26. The number of aryl methyl sites for hydroxylation is 2. The summed E-state index contributed by atoms with van der Waals surface area (Å²) >= 11 is 0. The van der Waals surface area contributed by atoms with Gasteiger partial charge >= 0.3 is 0 Å². The highest BCUT2D eigenvalue weighted by Gasteiger charge is 2.23. The van der Waals surface area contributed by atoms with Gasteiger partial charge < -0.3 is 10.2 Å². The van der Waals surface area contributed by atoms with Crippen molar-refractivity contribution in [2.75, 3.05) is 37.6 Å². The molecule has 1 aromatic heterocycles. The molecular weight excluding hydrogens is 302 g/mol. The minimum absolute atomic E-state index is 0.188. The molecule has 130 valence electrons. The maximum atomic E-state index is 12.2. The third-order valence-electron chi connectivity index (χ3n) is 5.59. The van der Waals surface area contributed by atoms with Crippen LogP contribution in [0.2, 0.25) is 0 Å². The van der Waals surface area contributed by atoms with E-state index in [1.54, 1.807) is 0 Å². The molecule has 6 nitrogen and oxygen atoms in total. The highest BCUT2D eigenvalue weighted by Crippen LogP contribution is 2.23. The van der Waals surface area contributed by atoms with Crippen LogP contribution < -0.4 is 10.2 Å². The molecular formula is C18H27N5O. The molecule has 0 radical (unpaired) electrons. The number of nitrogens with zero attached hydrogens (tertiary/aromatic N) is 4. The van der Waals surface area contributed by atoms with Crippen LogP contribution in [0, 0.1) is 0 Å². The summed E-state index contributed by atoms with van der Waals surface area (Å²) in [5.74, 6) is 1.19. The average Bonchev–Trinajstić information content (AvgIpc) is 3.26. The van der Waals surface area contributed by atoms with Gasteiger partial charge in [0.1, 0.15) is 0 Å². The fraction of sp³-hybridized carbons (Fsp3) is 0.722. The SMILES string of the molecule is O=C(CN1CCN(c2cc3c(nn2)CCC3)CC1)NC1CCCC1. The monoisotopic (exact) mass is 329 g/mol. The number of amides is 1. The number of rotatable bonds is 4. The number of hydrogen-bond acceptors (Lipinski definition) is 5. The third-order valence-corrected chi connectivity index (χ3v) is 5.59. The van der Waals surface area contributed by atoms with Gasteiger partial charge in [0.15, 0.2) is 5.82 Å². The second-order valence-electron chi connectivity index (χ2n) is 7.34. The van der Waals surface area contributed by atoms with Crippen LogP contribution in [0.15, 0.2) is 6.07 Å². The molecule has 2 fully saturated rings. The third kappa shape index (κ3) is 3.53. The minimum atomic E-state index is 0.188. The van der Waals surface area contributed by atoms with Crippen LogP contribution in [0.5, 0.6) is 0 Å². The average molecular weight is 329 g/mol. The lowest BCUT2D eigenvalue weighted by Gasteiger charge is -2.35. The lowest BCUT2D eigenvalue weighted by Crippen LogP contribution is -2.50. The van der Waals surface area contributed by atoms with Crippen LogP contribution in [0.3, 0.4) is 0 Å². The first-order valence-electron chi connectivity index (χ1n) is 9.40. The minimum Gasteiger partial charge on any atom is -0.353 e. The van der Waals surface area contributed by atoms with Gasteiger partial charge in [0.05, 0.1) is 12.2 Å². The molecule has 2 aliphatic carbocycles. The van der Waals surface area contributed by atoms with E-state index in [-0.39, 0.29) is 5.91 Å². The molecule has 0 bridgehead atoms. The van der Waals surface area contributed by atoms with Crippen molar-refractivity contribution in [1.82, 2.24) is 20.4 Å². The van der Waals surface area contributed by atoms with Crippen molar-refractivity contribution in [2.24, 2.45) is 0 Å². The Labute approximate surface area is 143 Å². The maximum Gasteiger partial charge on any atom is 0.234 e. The highest BCUT2D eigenvalue weighted by molar-refractivity contribution is 5.78. The van der Waals surface area contributed by atoms with Crippen LogP contribution in [0.1, 0.15) is 43.4 Å². The summed E-state index contributed by atoms with van der Waals surface area (Å²) in [6.07, 6.45) is 8.23. The molecule has 0 spiro atoms. The van der Waals surface area contributed by atoms with Crippen molar-refractivity contribution in [3.63, 3.8) is 0 Å². The molecule has 0 aromatic carbocycles. The lowest BCUT2D eigenvalue weighted by molar-refractivity contribution is -0.123. The van der Waals surface area contributed by atoms with E-state index in [9.17, 15) is 4.79 Å². The number of carbonyl (C=O) groups excluding carboxylic acids is 1. The zero-order valence-corrected chi connectivity index (χ0v) is 14.3. The van der Waals surface area contributed by atoms with Crippen molar-refractivity contribution < 1.29 is 4.79 Å². The molecule has 1 N–H and O–H groups in total. The fourth-order valence-corrected chi connectivity index (χ4v) is 4.15. The summed E-state index contributed by atoms with van der Waals surface area (Å²) in [6.45, 7) is 4.20. The molecule has 1 aromatic rings. The zero-order chi connectivity index (χ0) is 16.4. The van der Waals surface area contributed by atoms with Crippen molar-refractivity contribution in [3.05, 3.63) is 17.3 Å². The second kappa shape index (κ2) is 7.05. The quantitative estimate of drug-likeness (QED) is 0.898. The van der Waals surface area contributed by atoms with Crippen molar-refractivity contribution in [3.8, 4) is 0 Å². The Bertz CT molecular complexity index is 591. The molecule has 3 aliphatic rings. The Morgan fingerprint density at radius 3 is 2.67 bits per heavy atom. The number of nitrogens with one attached hydrogen (secondary N) is 1. The van der Waals surface area contributed by atoms with E-state index in [1.165, 1.54) is 30.5 Å². The molecule has 4 rings (SSSR count). The van der Waals surface area contributed by atoms with Crippen molar-refractivity contribution >= 4 is 11.7 Å². The van der Waals surface area contributed by atoms with Gasteiger partial charge in [0.2, 0.25) is 5.91 Å². The molecule has 6 heteroatoms. The van der Waals surface area contributed by atoms with E-state index in [0.29, 0.717) is 12.6 Å². The van der Waals surface area contributed by atoms with Gasteiger partial charge in [-0.3, -0.25) is 9.69 Å². The lowest BCUT2D eigenvalue weighted by atomic mass is 10.2. The molecule has 1 aliphatic heterocycles. The summed E-state index contributed by atoms with van der Waals surface area (Å²) in [7, 11) is 0. The Hall–Kier alpha value is -1.69. The van der Waals surface area contributed by atoms with Crippen LogP contribution in [0.4, 0.5) is 5.82 Å². The van der Waals surface area contributed by atoms with Gasteiger partial charge in [-0.05, 0) is 43.7 Å². The van der Waals surface area contributed by atoms with E-state index in [2.05, 4.69) is 31.4 Å². The zero-order valence-electron chi connectivity index (χ0n) is 14.3. The molecule has 0 unspecified atom stereocenters. The summed E-state index contributed by atoms with van der Waals surface area (Å²) < 4.78 is 0. The van der Waals surface area contributed by atoms with Crippen molar-refractivity contribution in [2.45, 2.75) is 51.0 Å². The number of aromatic nitrogens is 2. The molecule has 1 saturated carbocycles. The summed E-state index contributed by atoms with van der Waals surface area (Å²) in [5, 5.41) is 12.0. The number of fused-ring (bicyclic) bond motifs is 1. The number of piperazine rings is 1. The molecule has 1 amide bonds. The van der Waals surface area contributed by atoms with Gasteiger partial charge in [-0.25, -0.2) is 0 Å². The largest absolute Gasteiger partial charge is 0.353 e. The molecule has 24 heavy (non-hydrogen) atoms. The highest BCUT2D eigenvalue weighted by atomic mass is 16.2. The topological polar surface area (TPSA) is 61.4 Å². The Kier molecular flexibility index (Phi) is 4.65. The molecule has 2 heterocycles. The summed E-state index contributed by atoms with van der Waals surface area (Å²) in [6, 6.07) is 2.64. The summed E-state index contributed by atoms with van der Waals surface area (Å²) in [5.41, 5.74) is 2.55. The van der Waals surface area contributed by atoms with E-state index < -0.39 is 0 Å². The van der Waals surface area contributed by atoms with Gasteiger partial charge in [0.25, 0.3) is 0 Å². The smallest absolute Gasteiger partial charge is 0.234 e. The van der Waals surface area contributed by atoms with Crippen LogP contribution >= 0.6 is 0 Å². The van der Waals surface area contributed by atoms with E-state index >= 15 is 0 Å².